The molecule has 0 saturated carbocycles. The minimum Gasteiger partial charge on any atom is -0.356 e. The van der Waals surface area contributed by atoms with Gasteiger partial charge in [0, 0.05) is 30.7 Å². The highest BCUT2D eigenvalue weighted by Crippen LogP contribution is 2.36. The van der Waals surface area contributed by atoms with Gasteiger partial charge in [-0.1, -0.05) is 12.1 Å². The predicted molar refractivity (Wildman–Crippen MR) is 97.2 cm³/mol. The lowest BCUT2D eigenvalue weighted by Gasteiger charge is -2.36. The highest BCUT2D eigenvalue weighted by molar-refractivity contribution is 7.10. The molecular weight excluding hydrogens is 318 g/mol. The van der Waals surface area contributed by atoms with E-state index in [1.807, 2.05) is 24.4 Å². The summed E-state index contributed by atoms with van der Waals surface area (Å²) in [5, 5.41) is 2.11. The van der Waals surface area contributed by atoms with E-state index in [0.717, 1.165) is 51.1 Å². The fourth-order valence-electron chi connectivity index (χ4n) is 3.97. The number of hydrogen-bond donors (Lipinski definition) is 0. The first-order chi connectivity index (χ1) is 11.8. The number of piperidine rings is 1. The van der Waals surface area contributed by atoms with Crippen molar-refractivity contribution in [3.8, 4) is 0 Å². The first kappa shape index (κ1) is 15.6. The first-order valence-corrected chi connectivity index (χ1v) is 9.71. The van der Waals surface area contributed by atoms with E-state index in [9.17, 15) is 4.79 Å². The van der Waals surface area contributed by atoms with Crippen molar-refractivity contribution in [1.82, 2.24) is 9.88 Å². The van der Waals surface area contributed by atoms with E-state index in [0.29, 0.717) is 11.9 Å². The molecule has 4 nitrogen and oxygen atoms in total. The van der Waals surface area contributed by atoms with Gasteiger partial charge in [-0.2, -0.15) is 0 Å². The van der Waals surface area contributed by atoms with Crippen LogP contribution in [0, 0.1) is 5.92 Å². The number of nitrogens with zero attached hydrogens (tertiary/aromatic N) is 3. The van der Waals surface area contributed by atoms with Gasteiger partial charge in [0.25, 0.3) is 0 Å². The average molecular weight is 341 g/mol. The number of likely N-dealkylation sites (tertiary alicyclic amines) is 1. The summed E-state index contributed by atoms with van der Waals surface area (Å²) < 4.78 is 0. The van der Waals surface area contributed by atoms with Crippen LogP contribution < -0.4 is 4.90 Å². The van der Waals surface area contributed by atoms with E-state index in [1.54, 1.807) is 11.3 Å². The molecule has 0 radical (unpaired) electrons. The summed E-state index contributed by atoms with van der Waals surface area (Å²) in [6.07, 6.45) is 6.10. The summed E-state index contributed by atoms with van der Waals surface area (Å²) in [4.78, 5) is 23.4. The molecule has 5 heteroatoms. The van der Waals surface area contributed by atoms with Gasteiger partial charge in [0.2, 0.25) is 5.91 Å². The van der Waals surface area contributed by atoms with Crippen molar-refractivity contribution in [2.75, 3.05) is 24.5 Å². The Bertz CT molecular complexity index is 673. The van der Waals surface area contributed by atoms with Crippen molar-refractivity contribution in [2.24, 2.45) is 5.92 Å². The molecule has 0 unspecified atom stereocenters. The second-order valence-corrected chi connectivity index (χ2v) is 7.66. The summed E-state index contributed by atoms with van der Waals surface area (Å²) in [6, 6.07) is 10.5. The molecule has 2 saturated heterocycles. The van der Waals surface area contributed by atoms with Gasteiger partial charge in [0.15, 0.2) is 0 Å². The Kier molecular flexibility index (Phi) is 4.52. The summed E-state index contributed by atoms with van der Waals surface area (Å²) in [6.45, 7) is 2.69. The monoisotopic (exact) mass is 341 g/mol. The zero-order valence-electron chi connectivity index (χ0n) is 13.8. The molecule has 0 aliphatic carbocycles. The van der Waals surface area contributed by atoms with Gasteiger partial charge in [-0.3, -0.25) is 4.79 Å². The van der Waals surface area contributed by atoms with Crippen LogP contribution in [0.3, 0.4) is 0 Å². The molecule has 126 valence electrons. The molecule has 4 rings (SSSR count). The smallest absolute Gasteiger partial charge is 0.228 e. The van der Waals surface area contributed by atoms with Crippen LogP contribution in [-0.4, -0.2) is 35.4 Å². The molecule has 2 aromatic rings. The van der Waals surface area contributed by atoms with E-state index in [2.05, 4.69) is 32.3 Å². The van der Waals surface area contributed by atoms with E-state index >= 15 is 0 Å². The minimum atomic E-state index is 0.0984. The Labute approximate surface area is 147 Å². The lowest BCUT2D eigenvalue weighted by Crippen LogP contribution is -2.44. The van der Waals surface area contributed by atoms with Crippen molar-refractivity contribution in [1.29, 1.82) is 0 Å². The van der Waals surface area contributed by atoms with E-state index in [1.165, 1.54) is 4.88 Å². The molecule has 2 fully saturated rings. The quantitative estimate of drug-likeness (QED) is 0.854. The van der Waals surface area contributed by atoms with Crippen LogP contribution >= 0.6 is 11.3 Å². The molecule has 0 bridgehead atoms. The Morgan fingerprint density at radius 2 is 2.04 bits per heavy atom. The van der Waals surface area contributed by atoms with Gasteiger partial charge in [0.05, 0.1) is 12.0 Å². The highest BCUT2D eigenvalue weighted by Gasteiger charge is 2.36. The molecule has 2 aromatic heterocycles. The van der Waals surface area contributed by atoms with Crippen molar-refractivity contribution in [3.63, 3.8) is 0 Å². The molecule has 0 N–H and O–H groups in total. The predicted octanol–water partition coefficient (Wildman–Crippen LogP) is 3.72. The fourth-order valence-corrected chi connectivity index (χ4v) is 4.84. The van der Waals surface area contributed by atoms with Crippen LogP contribution in [0.5, 0.6) is 0 Å². The Hall–Kier alpha value is -1.88. The molecule has 2 aliphatic heterocycles. The van der Waals surface area contributed by atoms with E-state index in [-0.39, 0.29) is 5.92 Å². The van der Waals surface area contributed by atoms with E-state index < -0.39 is 0 Å². The summed E-state index contributed by atoms with van der Waals surface area (Å²) >= 11 is 1.77. The summed E-state index contributed by atoms with van der Waals surface area (Å²) in [5.74, 6) is 1.43. The number of anilines is 1. The van der Waals surface area contributed by atoms with Crippen LogP contribution in [0.15, 0.2) is 41.9 Å². The fraction of sp³-hybridized carbons (Fsp3) is 0.474. The summed E-state index contributed by atoms with van der Waals surface area (Å²) in [7, 11) is 0. The van der Waals surface area contributed by atoms with Gasteiger partial charge in [-0.05, 0) is 49.3 Å². The van der Waals surface area contributed by atoms with Gasteiger partial charge in [0.1, 0.15) is 5.82 Å². The van der Waals surface area contributed by atoms with Crippen LogP contribution in [0.4, 0.5) is 5.82 Å². The number of hydrogen-bond acceptors (Lipinski definition) is 4. The van der Waals surface area contributed by atoms with Crippen molar-refractivity contribution >= 4 is 23.1 Å². The summed E-state index contributed by atoms with van der Waals surface area (Å²) in [5.41, 5.74) is 0. The number of rotatable bonds is 3. The topological polar surface area (TPSA) is 36.4 Å². The standard InChI is InChI=1S/C19H23N3OS/c23-19(22-12-4-7-16(22)17-8-5-13-24-17)15-6-3-11-21(14-15)18-9-1-2-10-20-18/h1-2,5,8-10,13,15-16H,3-4,6-7,11-12,14H2/t15-,16+/m0/s1. The number of pyridine rings is 1. The zero-order valence-corrected chi connectivity index (χ0v) is 14.6. The Morgan fingerprint density at radius 1 is 1.12 bits per heavy atom. The maximum Gasteiger partial charge on any atom is 0.228 e. The zero-order chi connectivity index (χ0) is 16.4. The Morgan fingerprint density at radius 3 is 2.83 bits per heavy atom. The molecule has 0 spiro atoms. The first-order valence-electron chi connectivity index (χ1n) is 8.83. The number of thiophene rings is 1. The molecular formula is C19H23N3OS. The van der Waals surface area contributed by atoms with Crippen LogP contribution in [0.2, 0.25) is 0 Å². The second kappa shape index (κ2) is 6.93. The van der Waals surface area contributed by atoms with Gasteiger partial charge in [-0.25, -0.2) is 4.98 Å². The highest BCUT2D eigenvalue weighted by atomic mass is 32.1. The number of aromatic nitrogens is 1. The lowest BCUT2D eigenvalue weighted by atomic mass is 9.96. The van der Waals surface area contributed by atoms with Gasteiger partial charge < -0.3 is 9.80 Å². The number of carbonyl (C=O) groups is 1. The third kappa shape index (κ3) is 3.05. The molecule has 1 amide bonds. The third-order valence-electron chi connectivity index (χ3n) is 5.15. The number of amides is 1. The van der Waals surface area contributed by atoms with E-state index in [4.69, 9.17) is 0 Å². The van der Waals surface area contributed by atoms with Crippen molar-refractivity contribution in [3.05, 3.63) is 46.8 Å². The second-order valence-electron chi connectivity index (χ2n) is 6.68. The van der Waals surface area contributed by atoms with Crippen molar-refractivity contribution in [2.45, 2.75) is 31.7 Å². The third-order valence-corrected chi connectivity index (χ3v) is 6.12. The normalized spacial score (nSPS) is 24.3. The molecule has 4 heterocycles. The SMILES string of the molecule is O=C([C@H]1CCCN(c2ccccn2)C1)N1CCC[C@@H]1c1cccs1. The van der Waals surface area contributed by atoms with Gasteiger partial charge >= 0.3 is 0 Å². The molecule has 0 aromatic carbocycles. The number of carbonyl (C=O) groups excluding carboxylic acids is 1. The molecule has 2 aliphatic rings. The minimum absolute atomic E-state index is 0.0984. The Balaban J connectivity index is 1.47. The maximum absolute atomic E-state index is 13.2. The average Bonchev–Trinajstić information content (AvgIpc) is 3.33. The molecule has 2 atom stereocenters. The van der Waals surface area contributed by atoms with Crippen LogP contribution in [0.1, 0.15) is 36.6 Å². The van der Waals surface area contributed by atoms with Crippen LogP contribution in [-0.2, 0) is 4.79 Å². The lowest BCUT2D eigenvalue weighted by molar-refractivity contribution is -0.136. The maximum atomic E-state index is 13.2. The van der Waals surface area contributed by atoms with Crippen molar-refractivity contribution < 1.29 is 4.79 Å². The van der Waals surface area contributed by atoms with Gasteiger partial charge in [-0.15, -0.1) is 11.3 Å². The largest absolute Gasteiger partial charge is 0.356 e. The van der Waals surface area contributed by atoms with Crippen LogP contribution in [0.25, 0.3) is 0 Å². The molecule has 24 heavy (non-hydrogen) atoms.